The van der Waals surface area contributed by atoms with Gasteiger partial charge in [0.25, 0.3) is 0 Å². The molecule has 0 saturated heterocycles. The van der Waals surface area contributed by atoms with Crippen LogP contribution >= 0.6 is 0 Å². The summed E-state index contributed by atoms with van der Waals surface area (Å²) in [6, 6.07) is 17.7. The average molecular weight is 376 g/mol. The van der Waals surface area contributed by atoms with Crippen LogP contribution in [0.2, 0.25) is 0 Å². The van der Waals surface area contributed by atoms with Gasteiger partial charge in [0.1, 0.15) is 11.3 Å². The van der Waals surface area contributed by atoms with Crippen molar-refractivity contribution in [2.24, 2.45) is 0 Å². The van der Waals surface area contributed by atoms with E-state index in [1.807, 2.05) is 48.5 Å². The van der Waals surface area contributed by atoms with E-state index in [1.54, 1.807) is 20.5 Å². The summed E-state index contributed by atoms with van der Waals surface area (Å²) in [4.78, 5) is 3.47. The Morgan fingerprint density at radius 3 is 2.54 bits per heavy atom. The van der Waals surface area contributed by atoms with Crippen LogP contribution in [0.4, 0.5) is 0 Å². The maximum absolute atomic E-state index is 6.19. The summed E-state index contributed by atoms with van der Waals surface area (Å²) in [5.74, 6) is 2.94. The van der Waals surface area contributed by atoms with E-state index in [1.165, 1.54) is 5.56 Å². The smallest absolute Gasteiger partial charge is 0.213 e. The number of rotatable bonds is 5. The minimum absolute atomic E-state index is 0.589. The SMILES string of the molecule is COc1ccc(-c2cc(=[NH+]Cc3ccco3)c3cc(C)ccc3o2)cc1OC. The Kier molecular flexibility index (Phi) is 4.89. The van der Waals surface area contributed by atoms with E-state index in [9.17, 15) is 0 Å². The van der Waals surface area contributed by atoms with Gasteiger partial charge in [-0.2, -0.15) is 0 Å². The van der Waals surface area contributed by atoms with Crippen LogP contribution in [-0.2, 0) is 6.54 Å². The number of furan rings is 1. The van der Waals surface area contributed by atoms with Gasteiger partial charge in [0.15, 0.2) is 23.8 Å². The molecule has 2 aromatic heterocycles. The molecule has 0 radical (unpaired) electrons. The molecule has 0 saturated carbocycles. The Bertz CT molecular complexity index is 1170. The highest BCUT2D eigenvalue weighted by Crippen LogP contribution is 2.32. The zero-order valence-corrected chi connectivity index (χ0v) is 16.1. The van der Waals surface area contributed by atoms with Crippen molar-refractivity contribution in [1.82, 2.24) is 0 Å². The fourth-order valence-electron chi connectivity index (χ4n) is 3.17. The van der Waals surface area contributed by atoms with E-state index in [4.69, 9.17) is 18.3 Å². The maximum atomic E-state index is 6.19. The molecular weight excluding hydrogens is 354 g/mol. The molecule has 1 N–H and O–H groups in total. The first-order valence-electron chi connectivity index (χ1n) is 9.04. The zero-order chi connectivity index (χ0) is 19.5. The van der Waals surface area contributed by atoms with Gasteiger partial charge in [-0.05, 0) is 49.4 Å². The predicted molar refractivity (Wildman–Crippen MR) is 106 cm³/mol. The van der Waals surface area contributed by atoms with Crippen molar-refractivity contribution in [2.45, 2.75) is 13.5 Å². The van der Waals surface area contributed by atoms with Crippen LogP contribution in [0, 0.1) is 6.92 Å². The molecule has 4 rings (SSSR count). The molecule has 0 unspecified atom stereocenters. The first kappa shape index (κ1) is 17.9. The largest absolute Gasteiger partial charge is 0.493 e. The summed E-state index contributed by atoms with van der Waals surface area (Å²) >= 11 is 0. The lowest BCUT2D eigenvalue weighted by Gasteiger charge is -2.09. The minimum Gasteiger partial charge on any atom is -0.493 e. The third kappa shape index (κ3) is 3.51. The Morgan fingerprint density at radius 1 is 0.929 bits per heavy atom. The second-order valence-electron chi connectivity index (χ2n) is 6.53. The van der Waals surface area contributed by atoms with E-state index in [-0.39, 0.29) is 0 Å². The van der Waals surface area contributed by atoms with Gasteiger partial charge in [-0.15, -0.1) is 0 Å². The van der Waals surface area contributed by atoms with E-state index in [0.717, 1.165) is 33.4 Å². The van der Waals surface area contributed by atoms with E-state index < -0.39 is 0 Å². The molecule has 2 aromatic carbocycles. The lowest BCUT2D eigenvalue weighted by molar-refractivity contribution is -0.519. The molecule has 142 valence electrons. The van der Waals surface area contributed by atoms with Crippen molar-refractivity contribution in [3.05, 3.63) is 77.5 Å². The van der Waals surface area contributed by atoms with Crippen molar-refractivity contribution in [3.8, 4) is 22.8 Å². The quantitative estimate of drug-likeness (QED) is 0.581. The van der Waals surface area contributed by atoms with Gasteiger partial charge in [0.05, 0.1) is 31.9 Å². The van der Waals surface area contributed by atoms with Gasteiger partial charge in [-0.3, -0.25) is 0 Å². The first-order valence-corrected chi connectivity index (χ1v) is 9.04. The van der Waals surface area contributed by atoms with Crippen LogP contribution in [-0.4, -0.2) is 14.2 Å². The molecule has 0 amide bonds. The zero-order valence-electron chi connectivity index (χ0n) is 16.1. The van der Waals surface area contributed by atoms with Gasteiger partial charge < -0.3 is 18.3 Å². The Morgan fingerprint density at radius 2 is 1.79 bits per heavy atom. The summed E-state index contributed by atoms with van der Waals surface area (Å²) < 4.78 is 22.4. The summed E-state index contributed by atoms with van der Waals surface area (Å²) in [6.07, 6.45) is 1.68. The molecule has 2 heterocycles. The number of hydrogen-bond donors (Lipinski definition) is 1. The lowest BCUT2D eigenvalue weighted by atomic mass is 10.1. The molecule has 5 heteroatoms. The number of hydrogen-bond acceptors (Lipinski definition) is 4. The molecule has 0 spiro atoms. The number of methoxy groups -OCH3 is 2. The molecule has 0 atom stereocenters. The maximum Gasteiger partial charge on any atom is 0.213 e. The lowest BCUT2D eigenvalue weighted by Crippen LogP contribution is -2.75. The van der Waals surface area contributed by atoms with Crippen molar-refractivity contribution >= 4 is 11.0 Å². The molecular formula is C23H22NO4+. The minimum atomic E-state index is 0.589. The van der Waals surface area contributed by atoms with E-state index >= 15 is 0 Å². The summed E-state index contributed by atoms with van der Waals surface area (Å²) in [6.45, 7) is 2.66. The molecule has 0 fully saturated rings. The fourth-order valence-corrected chi connectivity index (χ4v) is 3.17. The monoisotopic (exact) mass is 376 g/mol. The van der Waals surface area contributed by atoms with Crippen molar-refractivity contribution in [1.29, 1.82) is 0 Å². The van der Waals surface area contributed by atoms with Crippen LogP contribution in [0.3, 0.4) is 0 Å². The molecule has 28 heavy (non-hydrogen) atoms. The van der Waals surface area contributed by atoms with Crippen LogP contribution < -0.4 is 19.8 Å². The normalized spacial score (nSPS) is 11.8. The van der Waals surface area contributed by atoms with Gasteiger partial charge >= 0.3 is 0 Å². The molecule has 0 aliphatic carbocycles. The molecule has 0 bridgehead atoms. The second kappa shape index (κ2) is 7.64. The standard InChI is InChI=1S/C23H21NO4/c1-15-6-8-20-18(11-15)19(24-14-17-5-4-10-27-17)13-22(28-20)16-7-9-21(25-2)23(12-16)26-3/h4-13H,14H2,1-3H3/p+1. The topological polar surface area (TPSA) is 58.7 Å². The molecule has 4 aromatic rings. The third-order valence-electron chi connectivity index (χ3n) is 4.62. The number of fused-ring (bicyclic) bond motifs is 1. The number of ether oxygens (including phenoxy) is 2. The van der Waals surface area contributed by atoms with Crippen LogP contribution in [0.5, 0.6) is 11.5 Å². The van der Waals surface area contributed by atoms with Crippen LogP contribution in [0.25, 0.3) is 22.3 Å². The van der Waals surface area contributed by atoms with Gasteiger partial charge in [-0.1, -0.05) is 11.6 Å². The highest BCUT2D eigenvalue weighted by Gasteiger charge is 2.12. The van der Waals surface area contributed by atoms with E-state index in [2.05, 4.69) is 18.0 Å². The number of benzene rings is 2. The summed E-state index contributed by atoms with van der Waals surface area (Å²) in [5.41, 5.74) is 2.88. The highest BCUT2D eigenvalue weighted by molar-refractivity contribution is 5.79. The highest BCUT2D eigenvalue weighted by atomic mass is 16.5. The summed E-state index contributed by atoms with van der Waals surface area (Å²) in [5, 5.41) is 2.00. The average Bonchev–Trinajstić information content (AvgIpc) is 3.25. The Balaban J connectivity index is 1.88. The Labute approximate surface area is 162 Å². The third-order valence-corrected chi connectivity index (χ3v) is 4.62. The molecule has 5 nitrogen and oxygen atoms in total. The van der Waals surface area contributed by atoms with Crippen molar-refractivity contribution in [3.63, 3.8) is 0 Å². The van der Waals surface area contributed by atoms with Gasteiger partial charge in [-0.25, -0.2) is 4.99 Å². The van der Waals surface area contributed by atoms with Crippen LogP contribution in [0.15, 0.2) is 69.7 Å². The van der Waals surface area contributed by atoms with Gasteiger partial charge in [0, 0.05) is 5.56 Å². The second-order valence-corrected chi connectivity index (χ2v) is 6.53. The van der Waals surface area contributed by atoms with Crippen LogP contribution in [0.1, 0.15) is 11.3 Å². The first-order chi connectivity index (χ1) is 13.7. The fraction of sp³-hybridized carbons (Fsp3) is 0.174. The molecule has 0 aliphatic rings. The number of aryl methyl sites for hydroxylation is 1. The van der Waals surface area contributed by atoms with E-state index in [0.29, 0.717) is 18.0 Å². The van der Waals surface area contributed by atoms with Crippen molar-refractivity contribution in [2.75, 3.05) is 14.2 Å². The molecule has 0 aliphatic heterocycles. The van der Waals surface area contributed by atoms with Crippen molar-refractivity contribution < 1.29 is 23.3 Å². The number of nitrogens with one attached hydrogen (secondary N) is 1. The predicted octanol–water partition coefficient (Wildman–Crippen LogP) is 3.20. The summed E-state index contributed by atoms with van der Waals surface area (Å²) in [7, 11) is 3.25. The van der Waals surface area contributed by atoms with Gasteiger partial charge in [0.2, 0.25) is 5.36 Å². The Hall–Kier alpha value is -3.47.